The lowest BCUT2D eigenvalue weighted by Crippen LogP contribution is -2.18. The topological polar surface area (TPSA) is 38.0 Å². The standard InChI is InChI=1S/C13H20N2/c14-11-7-9-13(10-8-11)15-12-5-3-1-2-4-6-12/h7-10,12,15H,1-6,14H2. The van der Waals surface area contributed by atoms with Crippen LogP contribution in [0.2, 0.25) is 0 Å². The summed E-state index contributed by atoms with van der Waals surface area (Å²) in [6.45, 7) is 0. The summed E-state index contributed by atoms with van der Waals surface area (Å²) in [5.41, 5.74) is 7.70. The van der Waals surface area contributed by atoms with Gasteiger partial charge in [0.2, 0.25) is 0 Å². The molecule has 0 amide bonds. The Labute approximate surface area is 91.9 Å². The van der Waals surface area contributed by atoms with Gasteiger partial charge < -0.3 is 11.1 Å². The first kappa shape index (κ1) is 10.3. The molecule has 0 saturated heterocycles. The Kier molecular flexibility index (Phi) is 3.49. The Morgan fingerprint density at radius 3 is 2.13 bits per heavy atom. The molecule has 2 heteroatoms. The number of rotatable bonds is 2. The summed E-state index contributed by atoms with van der Waals surface area (Å²) in [5.74, 6) is 0. The molecule has 1 aliphatic carbocycles. The highest BCUT2D eigenvalue weighted by atomic mass is 14.9. The first-order valence-electron chi connectivity index (χ1n) is 5.97. The maximum atomic E-state index is 5.66. The van der Waals surface area contributed by atoms with Gasteiger partial charge in [0.05, 0.1) is 0 Å². The van der Waals surface area contributed by atoms with Gasteiger partial charge in [-0.1, -0.05) is 25.7 Å². The summed E-state index contributed by atoms with van der Waals surface area (Å²) in [6.07, 6.45) is 8.16. The summed E-state index contributed by atoms with van der Waals surface area (Å²) in [4.78, 5) is 0. The average Bonchev–Trinajstić information content (AvgIpc) is 2.50. The van der Waals surface area contributed by atoms with E-state index in [-0.39, 0.29) is 0 Å². The third-order valence-electron chi connectivity index (χ3n) is 3.14. The lowest BCUT2D eigenvalue weighted by Gasteiger charge is -2.17. The van der Waals surface area contributed by atoms with Gasteiger partial charge >= 0.3 is 0 Å². The van der Waals surface area contributed by atoms with E-state index < -0.39 is 0 Å². The van der Waals surface area contributed by atoms with Crippen LogP contribution >= 0.6 is 0 Å². The Balaban J connectivity index is 1.92. The fourth-order valence-electron chi connectivity index (χ4n) is 2.24. The Hall–Kier alpha value is -1.18. The fourth-order valence-corrected chi connectivity index (χ4v) is 2.24. The maximum Gasteiger partial charge on any atom is 0.0343 e. The van der Waals surface area contributed by atoms with Crippen molar-refractivity contribution in [1.29, 1.82) is 0 Å². The highest BCUT2D eigenvalue weighted by molar-refractivity contribution is 5.51. The largest absolute Gasteiger partial charge is 0.399 e. The first-order valence-corrected chi connectivity index (χ1v) is 5.97. The highest BCUT2D eigenvalue weighted by Crippen LogP contribution is 2.21. The summed E-state index contributed by atoms with van der Waals surface area (Å²) >= 11 is 0. The van der Waals surface area contributed by atoms with E-state index in [0.29, 0.717) is 6.04 Å². The molecule has 0 bridgehead atoms. The van der Waals surface area contributed by atoms with Gasteiger partial charge in [-0.3, -0.25) is 0 Å². The van der Waals surface area contributed by atoms with Crippen molar-refractivity contribution in [3.05, 3.63) is 24.3 Å². The van der Waals surface area contributed by atoms with Crippen LogP contribution in [0, 0.1) is 0 Å². The lowest BCUT2D eigenvalue weighted by molar-refractivity contribution is 0.620. The van der Waals surface area contributed by atoms with Crippen LogP contribution in [0.25, 0.3) is 0 Å². The van der Waals surface area contributed by atoms with Crippen molar-refractivity contribution in [2.75, 3.05) is 11.1 Å². The molecule has 1 saturated carbocycles. The van der Waals surface area contributed by atoms with Gasteiger partial charge in [0.25, 0.3) is 0 Å². The van der Waals surface area contributed by atoms with Crippen molar-refractivity contribution >= 4 is 11.4 Å². The van der Waals surface area contributed by atoms with Gasteiger partial charge in [0.15, 0.2) is 0 Å². The highest BCUT2D eigenvalue weighted by Gasteiger charge is 2.11. The minimum Gasteiger partial charge on any atom is -0.399 e. The third-order valence-corrected chi connectivity index (χ3v) is 3.14. The molecule has 2 rings (SSSR count). The van der Waals surface area contributed by atoms with E-state index in [1.54, 1.807) is 0 Å². The predicted octanol–water partition coefficient (Wildman–Crippen LogP) is 3.40. The molecular weight excluding hydrogens is 184 g/mol. The molecule has 0 aliphatic heterocycles. The molecule has 0 spiro atoms. The molecule has 0 heterocycles. The average molecular weight is 204 g/mol. The molecule has 0 aromatic heterocycles. The number of nitrogens with one attached hydrogen (secondary N) is 1. The molecule has 0 atom stereocenters. The molecular formula is C13H20N2. The number of nitrogen functional groups attached to an aromatic ring is 1. The van der Waals surface area contributed by atoms with Crippen molar-refractivity contribution in [2.24, 2.45) is 0 Å². The zero-order valence-corrected chi connectivity index (χ0v) is 9.21. The van der Waals surface area contributed by atoms with Crippen LogP contribution in [-0.4, -0.2) is 6.04 Å². The van der Waals surface area contributed by atoms with Crippen molar-refractivity contribution < 1.29 is 0 Å². The summed E-state index contributed by atoms with van der Waals surface area (Å²) in [6, 6.07) is 8.72. The van der Waals surface area contributed by atoms with E-state index in [2.05, 4.69) is 17.4 Å². The summed E-state index contributed by atoms with van der Waals surface area (Å²) < 4.78 is 0. The van der Waals surface area contributed by atoms with Gasteiger partial charge in [0, 0.05) is 17.4 Å². The number of nitrogens with two attached hydrogens (primary N) is 1. The third kappa shape index (κ3) is 3.15. The van der Waals surface area contributed by atoms with E-state index in [0.717, 1.165) is 5.69 Å². The quantitative estimate of drug-likeness (QED) is 0.572. The molecule has 0 radical (unpaired) electrons. The number of hydrogen-bond donors (Lipinski definition) is 2. The molecule has 1 aromatic rings. The van der Waals surface area contributed by atoms with Crippen LogP contribution in [0.5, 0.6) is 0 Å². The maximum absolute atomic E-state index is 5.66. The van der Waals surface area contributed by atoms with Gasteiger partial charge in [-0.05, 0) is 37.1 Å². The minimum atomic E-state index is 0.663. The summed E-state index contributed by atoms with van der Waals surface area (Å²) in [7, 11) is 0. The second-order valence-electron chi connectivity index (χ2n) is 4.45. The van der Waals surface area contributed by atoms with Crippen LogP contribution in [0.1, 0.15) is 38.5 Å². The van der Waals surface area contributed by atoms with E-state index >= 15 is 0 Å². The second-order valence-corrected chi connectivity index (χ2v) is 4.45. The van der Waals surface area contributed by atoms with Crippen LogP contribution < -0.4 is 11.1 Å². The van der Waals surface area contributed by atoms with E-state index in [1.807, 2.05) is 12.1 Å². The van der Waals surface area contributed by atoms with E-state index in [1.165, 1.54) is 44.2 Å². The SMILES string of the molecule is Nc1ccc(NC2CCCCCC2)cc1. The molecule has 1 aromatic carbocycles. The van der Waals surface area contributed by atoms with Gasteiger partial charge in [-0.25, -0.2) is 0 Å². The molecule has 2 nitrogen and oxygen atoms in total. The van der Waals surface area contributed by atoms with Crippen LogP contribution in [0.15, 0.2) is 24.3 Å². The molecule has 1 fully saturated rings. The van der Waals surface area contributed by atoms with Crippen LogP contribution in [0.4, 0.5) is 11.4 Å². The number of benzene rings is 1. The van der Waals surface area contributed by atoms with Crippen molar-refractivity contribution in [3.8, 4) is 0 Å². The fraction of sp³-hybridized carbons (Fsp3) is 0.538. The van der Waals surface area contributed by atoms with Crippen molar-refractivity contribution in [3.63, 3.8) is 0 Å². The number of anilines is 2. The smallest absolute Gasteiger partial charge is 0.0343 e. The zero-order valence-electron chi connectivity index (χ0n) is 9.21. The zero-order chi connectivity index (χ0) is 10.5. The minimum absolute atomic E-state index is 0.663. The Bertz CT molecular complexity index is 284. The van der Waals surface area contributed by atoms with E-state index in [4.69, 9.17) is 5.73 Å². The second kappa shape index (κ2) is 5.06. The Morgan fingerprint density at radius 1 is 0.933 bits per heavy atom. The normalized spacial score (nSPS) is 18.4. The van der Waals surface area contributed by atoms with E-state index in [9.17, 15) is 0 Å². The van der Waals surface area contributed by atoms with Gasteiger partial charge in [-0.2, -0.15) is 0 Å². The van der Waals surface area contributed by atoms with Crippen molar-refractivity contribution in [2.45, 2.75) is 44.6 Å². The molecule has 15 heavy (non-hydrogen) atoms. The van der Waals surface area contributed by atoms with Gasteiger partial charge in [0.1, 0.15) is 0 Å². The van der Waals surface area contributed by atoms with Crippen LogP contribution in [0.3, 0.4) is 0 Å². The van der Waals surface area contributed by atoms with Crippen molar-refractivity contribution in [1.82, 2.24) is 0 Å². The first-order chi connectivity index (χ1) is 7.34. The molecule has 1 aliphatic rings. The summed E-state index contributed by atoms with van der Waals surface area (Å²) in [5, 5.41) is 3.59. The molecule has 3 N–H and O–H groups in total. The molecule has 82 valence electrons. The van der Waals surface area contributed by atoms with Gasteiger partial charge in [-0.15, -0.1) is 0 Å². The molecule has 0 unspecified atom stereocenters. The van der Waals surface area contributed by atoms with Crippen LogP contribution in [-0.2, 0) is 0 Å². The Morgan fingerprint density at radius 2 is 1.53 bits per heavy atom. The number of hydrogen-bond acceptors (Lipinski definition) is 2. The predicted molar refractivity (Wildman–Crippen MR) is 66.0 cm³/mol. The lowest BCUT2D eigenvalue weighted by atomic mass is 10.1. The monoisotopic (exact) mass is 204 g/mol.